The lowest BCUT2D eigenvalue weighted by Crippen LogP contribution is -2.56. The molecule has 1 N–H and O–H groups in total. The predicted molar refractivity (Wildman–Crippen MR) is 111 cm³/mol. The van der Waals surface area contributed by atoms with Gasteiger partial charge in [-0.3, -0.25) is 14.5 Å². The van der Waals surface area contributed by atoms with E-state index in [9.17, 15) is 14.4 Å². The van der Waals surface area contributed by atoms with Crippen molar-refractivity contribution in [2.45, 2.75) is 44.2 Å². The summed E-state index contributed by atoms with van der Waals surface area (Å²) < 4.78 is 5.22. The van der Waals surface area contributed by atoms with Gasteiger partial charge in [0, 0.05) is 31.7 Å². The van der Waals surface area contributed by atoms with Crippen LogP contribution in [0.25, 0.3) is 0 Å². The largest absolute Gasteiger partial charge is 0.497 e. The fourth-order valence-corrected chi connectivity index (χ4v) is 4.85. The highest BCUT2D eigenvalue weighted by atomic mass is 16.5. The third-order valence-corrected chi connectivity index (χ3v) is 6.72. The normalized spacial score (nSPS) is 24.3. The van der Waals surface area contributed by atoms with Crippen LogP contribution < -0.4 is 10.1 Å². The summed E-state index contributed by atoms with van der Waals surface area (Å²) in [6, 6.07) is 6.47. The third kappa shape index (κ3) is 3.64. The molecular weight excluding hydrogens is 384 g/mol. The van der Waals surface area contributed by atoms with E-state index in [4.69, 9.17) is 4.74 Å². The molecule has 3 aliphatic heterocycles. The Morgan fingerprint density at radius 1 is 1.23 bits per heavy atom. The number of urea groups is 1. The lowest BCUT2D eigenvalue weighted by Gasteiger charge is -2.39. The number of nitrogens with one attached hydrogen (secondary N) is 1. The number of carbonyl (C=O) groups is 3. The standard InChI is InChI=1S/C22H30N4O4/c1-3-24-12-9-22(10-13-24)20(28)26(21(29)23-22)17-7-5-11-25(15-17)19(27)16-6-4-8-18(14-16)30-2/h4,6,8,14,17H,3,5,7,9-13,15H2,1-2H3,(H,23,29). The monoisotopic (exact) mass is 414 g/mol. The summed E-state index contributed by atoms with van der Waals surface area (Å²) in [6.45, 7) is 5.66. The molecule has 4 amide bonds. The van der Waals surface area contributed by atoms with Gasteiger partial charge in [-0.1, -0.05) is 13.0 Å². The first kappa shape index (κ1) is 20.7. The van der Waals surface area contributed by atoms with Gasteiger partial charge in [-0.25, -0.2) is 4.79 Å². The molecule has 1 unspecified atom stereocenters. The number of hydrogen-bond donors (Lipinski definition) is 1. The number of imide groups is 1. The van der Waals surface area contributed by atoms with E-state index >= 15 is 0 Å². The van der Waals surface area contributed by atoms with E-state index < -0.39 is 5.54 Å². The van der Waals surface area contributed by atoms with Gasteiger partial charge in [-0.2, -0.15) is 0 Å². The first-order chi connectivity index (χ1) is 14.5. The average molecular weight is 415 g/mol. The smallest absolute Gasteiger partial charge is 0.325 e. The number of ether oxygens (including phenoxy) is 1. The number of rotatable bonds is 4. The minimum atomic E-state index is -0.776. The molecule has 3 heterocycles. The minimum Gasteiger partial charge on any atom is -0.497 e. The summed E-state index contributed by atoms with van der Waals surface area (Å²) in [4.78, 5) is 44.6. The van der Waals surface area contributed by atoms with Gasteiger partial charge >= 0.3 is 6.03 Å². The van der Waals surface area contributed by atoms with Crippen molar-refractivity contribution < 1.29 is 19.1 Å². The zero-order valence-electron chi connectivity index (χ0n) is 17.7. The van der Waals surface area contributed by atoms with Crippen LogP contribution in [0.15, 0.2) is 24.3 Å². The second-order valence-electron chi connectivity index (χ2n) is 8.40. The van der Waals surface area contributed by atoms with Crippen molar-refractivity contribution in [2.75, 3.05) is 39.8 Å². The number of methoxy groups -OCH3 is 1. The van der Waals surface area contributed by atoms with Gasteiger partial charge in [0.2, 0.25) is 0 Å². The Balaban J connectivity index is 1.47. The van der Waals surface area contributed by atoms with Crippen molar-refractivity contribution in [3.05, 3.63) is 29.8 Å². The number of carbonyl (C=O) groups excluding carboxylic acids is 3. The maximum atomic E-state index is 13.3. The Morgan fingerprint density at radius 3 is 2.70 bits per heavy atom. The van der Waals surface area contributed by atoms with Crippen molar-refractivity contribution in [3.8, 4) is 5.75 Å². The molecule has 162 valence electrons. The molecular formula is C22H30N4O4. The number of likely N-dealkylation sites (tertiary alicyclic amines) is 2. The molecule has 8 heteroatoms. The van der Waals surface area contributed by atoms with E-state index in [1.54, 1.807) is 36.3 Å². The van der Waals surface area contributed by atoms with Crippen molar-refractivity contribution >= 4 is 17.8 Å². The fourth-order valence-electron chi connectivity index (χ4n) is 4.85. The zero-order valence-corrected chi connectivity index (χ0v) is 17.7. The maximum Gasteiger partial charge on any atom is 0.325 e. The topological polar surface area (TPSA) is 82.2 Å². The van der Waals surface area contributed by atoms with Crippen LogP contribution in [0.3, 0.4) is 0 Å². The summed E-state index contributed by atoms with van der Waals surface area (Å²) in [7, 11) is 1.57. The highest BCUT2D eigenvalue weighted by molar-refractivity contribution is 6.07. The lowest BCUT2D eigenvalue weighted by molar-refractivity contribution is -0.135. The lowest BCUT2D eigenvalue weighted by atomic mass is 9.87. The van der Waals surface area contributed by atoms with Gasteiger partial charge in [0.25, 0.3) is 11.8 Å². The first-order valence-electron chi connectivity index (χ1n) is 10.8. The summed E-state index contributed by atoms with van der Waals surface area (Å²) >= 11 is 0. The van der Waals surface area contributed by atoms with E-state index in [0.717, 1.165) is 32.5 Å². The zero-order chi connectivity index (χ0) is 21.3. The molecule has 1 spiro atoms. The quantitative estimate of drug-likeness (QED) is 0.759. The van der Waals surface area contributed by atoms with Crippen LogP contribution in [0.1, 0.15) is 43.0 Å². The van der Waals surface area contributed by atoms with E-state index in [2.05, 4.69) is 17.1 Å². The highest BCUT2D eigenvalue weighted by Gasteiger charge is 2.54. The van der Waals surface area contributed by atoms with Gasteiger partial charge in [0.1, 0.15) is 11.3 Å². The van der Waals surface area contributed by atoms with Crippen molar-refractivity contribution in [2.24, 2.45) is 0 Å². The Kier molecular flexibility index (Phi) is 5.69. The predicted octanol–water partition coefficient (Wildman–Crippen LogP) is 1.71. The van der Waals surface area contributed by atoms with E-state index in [-0.39, 0.29) is 23.9 Å². The van der Waals surface area contributed by atoms with Gasteiger partial charge in [-0.05, 0) is 50.4 Å². The molecule has 30 heavy (non-hydrogen) atoms. The van der Waals surface area contributed by atoms with Crippen LogP contribution in [0.2, 0.25) is 0 Å². The SMILES string of the molecule is CCN1CCC2(CC1)NC(=O)N(C1CCCN(C(=O)c3cccc(OC)c3)C1)C2=O. The molecule has 3 fully saturated rings. The molecule has 8 nitrogen and oxygen atoms in total. The Hall–Kier alpha value is -2.61. The van der Waals surface area contributed by atoms with Crippen LogP contribution in [0, 0.1) is 0 Å². The summed E-state index contributed by atoms with van der Waals surface area (Å²) in [5.41, 5.74) is -0.224. The number of amides is 4. The fraction of sp³-hybridized carbons (Fsp3) is 0.591. The molecule has 1 atom stereocenters. The van der Waals surface area contributed by atoms with Crippen LogP contribution >= 0.6 is 0 Å². The van der Waals surface area contributed by atoms with E-state index in [0.29, 0.717) is 37.2 Å². The minimum absolute atomic E-state index is 0.100. The molecule has 1 aromatic carbocycles. The molecule has 4 rings (SSSR count). The average Bonchev–Trinajstić information content (AvgIpc) is 3.03. The van der Waals surface area contributed by atoms with Gasteiger partial charge in [0.15, 0.2) is 0 Å². The summed E-state index contributed by atoms with van der Waals surface area (Å²) in [5, 5.41) is 2.99. The second kappa shape index (κ2) is 8.26. The van der Waals surface area contributed by atoms with Crippen LogP contribution in [-0.4, -0.2) is 84.0 Å². The molecule has 1 aromatic rings. The van der Waals surface area contributed by atoms with Crippen molar-refractivity contribution in [1.82, 2.24) is 20.0 Å². The summed E-state index contributed by atoms with van der Waals surface area (Å²) in [5.74, 6) is 0.407. The van der Waals surface area contributed by atoms with Gasteiger partial charge in [0.05, 0.1) is 13.2 Å². The molecule has 0 bridgehead atoms. The molecule has 0 radical (unpaired) electrons. The Labute approximate surface area is 177 Å². The molecule has 0 saturated carbocycles. The number of nitrogens with zero attached hydrogens (tertiary/aromatic N) is 3. The Morgan fingerprint density at radius 2 is 2.00 bits per heavy atom. The van der Waals surface area contributed by atoms with E-state index in [1.165, 1.54) is 4.90 Å². The van der Waals surface area contributed by atoms with Crippen molar-refractivity contribution in [3.63, 3.8) is 0 Å². The van der Waals surface area contributed by atoms with Crippen LogP contribution in [-0.2, 0) is 4.79 Å². The number of piperidine rings is 2. The number of benzene rings is 1. The number of hydrogen-bond acceptors (Lipinski definition) is 5. The molecule has 0 aromatic heterocycles. The molecule has 3 aliphatic rings. The Bertz CT molecular complexity index is 834. The first-order valence-corrected chi connectivity index (χ1v) is 10.8. The van der Waals surface area contributed by atoms with Crippen LogP contribution in [0.5, 0.6) is 5.75 Å². The van der Waals surface area contributed by atoms with Gasteiger partial charge < -0.3 is 19.9 Å². The molecule has 3 saturated heterocycles. The highest BCUT2D eigenvalue weighted by Crippen LogP contribution is 2.32. The second-order valence-corrected chi connectivity index (χ2v) is 8.40. The van der Waals surface area contributed by atoms with Crippen LogP contribution in [0.4, 0.5) is 4.79 Å². The van der Waals surface area contributed by atoms with Gasteiger partial charge in [-0.15, -0.1) is 0 Å². The summed E-state index contributed by atoms with van der Waals surface area (Å²) in [6.07, 6.45) is 2.76. The molecule has 0 aliphatic carbocycles. The van der Waals surface area contributed by atoms with Crippen molar-refractivity contribution in [1.29, 1.82) is 0 Å². The third-order valence-electron chi connectivity index (χ3n) is 6.72. The van der Waals surface area contributed by atoms with E-state index in [1.807, 2.05) is 0 Å². The maximum absolute atomic E-state index is 13.3.